The van der Waals surface area contributed by atoms with Crippen LogP contribution in [0.1, 0.15) is 13.3 Å². The molecule has 16 heavy (non-hydrogen) atoms. The molecule has 1 atom stereocenters. The van der Waals surface area contributed by atoms with E-state index in [2.05, 4.69) is 15.0 Å². The minimum atomic E-state index is 0.196. The molecule has 2 rings (SSSR count). The third kappa shape index (κ3) is 2.44. The van der Waals surface area contributed by atoms with Crippen LogP contribution in [0.5, 0.6) is 0 Å². The van der Waals surface area contributed by atoms with Crippen LogP contribution >= 0.6 is 11.6 Å². The largest absolute Gasteiger partial charge is 0.360 e. The Kier molecular flexibility index (Phi) is 3.29. The van der Waals surface area contributed by atoms with Crippen LogP contribution in [0.4, 0.5) is 5.82 Å². The minimum absolute atomic E-state index is 0.196. The lowest BCUT2D eigenvalue weighted by molar-refractivity contribution is 0.764. The topological polar surface area (TPSA) is 33.4 Å². The molecule has 0 spiro atoms. The van der Waals surface area contributed by atoms with Gasteiger partial charge in [-0.25, -0.2) is 9.50 Å². The number of anilines is 1. The van der Waals surface area contributed by atoms with Gasteiger partial charge in [-0.2, -0.15) is 5.10 Å². The summed E-state index contributed by atoms with van der Waals surface area (Å²) in [6.07, 6.45) is 4.61. The smallest absolute Gasteiger partial charge is 0.157 e. The van der Waals surface area contributed by atoms with Gasteiger partial charge in [-0.1, -0.05) is 0 Å². The molecule has 0 aliphatic carbocycles. The molecule has 0 N–H and O–H groups in total. The lowest BCUT2D eigenvalue weighted by atomic mass is 10.3. The standard InChI is InChI=1S/C11H15ClN4/c1-9(12)4-7-15(2)10-5-8-16-11(14-10)3-6-13-16/h3,5-6,8-9H,4,7H2,1-2H3. The molecule has 5 heteroatoms. The molecule has 0 amide bonds. The highest BCUT2D eigenvalue weighted by molar-refractivity contribution is 6.20. The minimum Gasteiger partial charge on any atom is -0.360 e. The maximum atomic E-state index is 5.93. The van der Waals surface area contributed by atoms with E-state index in [0.29, 0.717) is 0 Å². The molecule has 0 aliphatic rings. The van der Waals surface area contributed by atoms with Crippen LogP contribution in [-0.2, 0) is 0 Å². The SMILES string of the molecule is CC(Cl)CCN(C)c1ccn2nccc2n1. The zero-order valence-electron chi connectivity index (χ0n) is 9.47. The Morgan fingerprint density at radius 2 is 2.31 bits per heavy atom. The van der Waals surface area contributed by atoms with E-state index in [1.54, 1.807) is 10.7 Å². The summed E-state index contributed by atoms with van der Waals surface area (Å²) >= 11 is 5.93. The molecule has 0 saturated carbocycles. The highest BCUT2D eigenvalue weighted by atomic mass is 35.5. The number of hydrogen-bond donors (Lipinski definition) is 0. The van der Waals surface area contributed by atoms with E-state index >= 15 is 0 Å². The average Bonchev–Trinajstić information content (AvgIpc) is 2.72. The Labute approximate surface area is 99.8 Å². The van der Waals surface area contributed by atoms with Crippen LogP contribution in [0, 0.1) is 0 Å². The summed E-state index contributed by atoms with van der Waals surface area (Å²) in [5.74, 6) is 0.949. The van der Waals surface area contributed by atoms with Crippen molar-refractivity contribution in [2.24, 2.45) is 0 Å². The average molecular weight is 239 g/mol. The summed E-state index contributed by atoms with van der Waals surface area (Å²) in [5.41, 5.74) is 0.864. The predicted molar refractivity (Wildman–Crippen MR) is 66.2 cm³/mol. The third-order valence-electron chi connectivity index (χ3n) is 2.50. The highest BCUT2D eigenvalue weighted by Crippen LogP contribution is 2.12. The molecule has 0 radical (unpaired) electrons. The molecule has 1 unspecified atom stereocenters. The van der Waals surface area contributed by atoms with Gasteiger partial charge < -0.3 is 4.90 Å². The first-order valence-corrected chi connectivity index (χ1v) is 5.76. The molecule has 86 valence electrons. The van der Waals surface area contributed by atoms with Gasteiger partial charge >= 0.3 is 0 Å². The van der Waals surface area contributed by atoms with Crippen LogP contribution in [0.2, 0.25) is 0 Å². The Bertz CT molecular complexity index is 466. The van der Waals surface area contributed by atoms with Crippen molar-refractivity contribution in [1.29, 1.82) is 0 Å². The fourth-order valence-electron chi connectivity index (χ4n) is 1.50. The van der Waals surface area contributed by atoms with Crippen LogP contribution in [0.15, 0.2) is 24.5 Å². The molecular weight excluding hydrogens is 224 g/mol. The summed E-state index contributed by atoms with van der Waals surface area (Å²) in [5, 5.41) is 4.30. The zero-order chi connectivity index (χ0) is 11.5. The van der Waals surface area contributed by atoms with Gasteiger partial charge in [0.05, 0.1) is 6.20 Å². The molecule has 0 fully saturated rings. The Morgan fingerprint density at radius 1 is 1.50 bits per heavy atom. The van der Waals surface area contributed by atoms with E-state index in [1.165, 1.54) is 0 Å². The first-order chi connectivity index (χ1) is 7.66. The Balaban J connectivity index is 2.12. The maximum absolute atomic E-state index is 5.93. The fraction of sp³-hybridized carbons (Fsp3) is 0.455. The number of alkyl halides is 1. The van der Waals surface area contributed by atoms with Crippen LogP contribution < -0.4 is 4.90 Å². The van der Waals surface area contributed by atoms with Crippen molar-refractivity contribution in [2.45, 2.75) is 18.7 Å². The third-order valence-corrected chi connectivity index (χ3v) is 2.71. The van der Waals surface area contributed by atoms with Gasteiger partial charge in [0, 0.05) is 31.2 Å². The lowest BCUT2D eigenvalue weighted by Crippen LogP contribution is -2.21. The van der Waals surface area contributed by atoms with Crippen LogP contribution in [0.3, 0.4) is 0 Å². The molecule has 0 bridgehead atoms. The van der Waals surface area contributed by atoms with Gasteiger partial charge in [-0.05, 0) is 19.4 Å². The predicted octanol–water partition coefficient (Wildman–Crippen LogP) is 2.18. The van der Waals surface area contributed by atoms with Gasteiger partial charge in [0.15, 0.2) is 5.65 Å². The number of halogens is 1. The lowest BCUT2D eigenvalue weighted by Gasteiger charge is -2.18. The second kappa shape index (κ2) is 4.70. The molecule has 2 heterocycles. The second-order valence-corrected chi connectivity index (χ2v) is 4.66. The summed E-state index contributed by atoms with van der Waals surface area (Å²) in [4.78, 5) is 6.60. The molecule has 4 nitrogen and oxygen atoms in total. The van der Waals surface area contributed by atoms with Crippen molar-refractivity contribution in [2.75, 3.05) is 18.5 Å². The van der Waals surface area contributed by atoms with Crippen molar-refractivity contribution < 1.29 is 0 Å². The van der Waals surface area contributed by atoms with E-state index < -0.39 is 0 Å². The normalized spacial score (nSPS) is 12.9. The van der Waals surface area contributed by atoms with E-state index in [0.717, 1.165) is 24.4 Å². The maximum Gasteiger partial charge on any atom is 0.157 e. The number of fused-ring (bicyclic) bond motifs is 1. The Hall–Kier alpha value is -1.29. The van der Waals surface area contributed by atoms with Crippen molar-refractivity contribution >= 4 is 23.1 Å². The van der Waals surface area contributed by atoms with E-state index in [9.17, 15) is 0 Å². The van der Waals surface area contributed by atoms with Gasteiger partial charge in [-0.3, -0.25) is 0 Å². The molecule has 2 aromatic rings. The van der Waals surface area contributed by atoms with Crippen molar-refractivity contribution in [3.05, 3.63) is 24.5 Å². The Morgan fingerprint density at radius 3 is 3.06 bits per heavy atom. The fourth-order valence-corrected chi connectivity index (χ4v) is 1.60. The zero-order valence-corrected chi connectivity index (χ0v) is 10.2. The first kappa shape index (κ1) is 11.2. The molecular formula is C11H15ClN4. The quantitative estimate of drug-likeness (QED) is 0.766. The van der Waals surface area contributed by atoms with Gasteiger partial charge in [0.2, 0.25) is 0 Å². The van der Waals surface area contributed by atoms with E-state index in [4.69, 9.17) is 11.6 Å². The summed E-state index contributed by atoms with van der Waals surface area (Å²) in [6, 6.07) is 3.85. The van der Waals surface area contributed by atoms with Gasteiger partial charge in [-0.15, -0.1) is 11.6 Å². The number of nitrogens with zero attached hydrogens (tertiary/aromatic N) is 4. The van der Waals surface area contributed by atoms with Crippen LogP contribution in [-0.4, -0.2) is 33.6 Å². The molecule has 0 aromatic carbocycles. The van der Waals surface area contributed by atoms with Gasteiger partial charge in [0.1, 0.15) is 5.82 Å². The van der Waals surface area contributed by atoms with Crippen molar-refractivity contribution in [3.8, 4) is 0 Å². The number of rotatable bonds is 4. The van der Waals surface area contributed by atoms with E-state index in [-0.39, 0.29) is 5.38 Å². The molecule has 0 aliphatic heterocycles. The van der Waals surface area contributed by atoms with Crippen molar-refractivity contribution in [1.82, 2.24) is 14.6 Å². The second-order valence-electron chi connectivity index (χ2n) is 3.91. The first-order valence-electron chi connectivity index (χ1n) is 5.32. The van der Waals surface area contributed by atoms with Crippen LogP contribution in [0.25, 0.3) is 5.65 Å². The number of aromatic nitrogens is 3. The van der Waals surface area contributed by atoms with E-state index in [1.807, 2.05) is 32.3 Å². The molecule has 2 aromatic heterocycles. The summed E-state index contributed by atoms with van der Waals surface area (Å²) < 4.78 is 1.75. The number of hydrogen-bond acceptors (Lipinski definition) is 3. The molecule has 0 saturated heterocycles. The highest BCUT2D eigenvalue weighted by Gasteiger charge is 2.05. The monoisotopic (exact) mass is 238 g/mol. The summed E-state index contributed by atoms with van der Waals surface area (Å²) in [7, 11) is 2.02. The summed E-state index contributed by atoms with van der Waals surface area (Å²) in [6.45, 7) is 2.91. The van der Waals surface area contributed by atoms with Gasteiger partial charge in [0.25, 0.3) is 0 Å². The van der Waals surface area contributed by atoms with Crippen molar-refractivity contribution in [3.63, 3.8) is 0 Å².